The lowest BCUT2D eigenvalue weighted by atomic mass is 9.93. The number of hydrogen-bond donors (Lipinski definition) is 1. The van der Waals surface area contributed by atoms with E-state index in [1.54, 1.807) is 16.9 Å². The maximum Gasteiger partial charge on any atom is 0.258 e. The number of alkyl halides is 1. The van der Waals surface area contributed by atoms with E-state index in [-0.39, 0.29) is 12.5 Å². The number of amides is 1. The molecule has 0 radical (unpaired) electrons. The van der Waals surface area contributed by atoms with Crippen molar-refractivity contribution in [2.24, 2.45) is 5.41 Å². The van der Waals surface area contributed by atoms with Gasteiger partial charge in [0.1, 0.15) is 11.5 Å². The average molecular weight is 545 g/mol. The van der Waals surface area contributed by atoms with Gasteiger partial charge in [0.05, 0.1) is 24.0 Å². The molecule has 2 aliphatic carbocycles. The van der Waals surface area contributed by atoms with Crippen LogP contribution in [0, 0.1) is 8.99 Å². The number of nitrogens with zero attached hydrogens (tertiary/aromatic N) is 4. The number of hydrogen-bond acceptors (Lipinski definition) is 4. The molecule has 2 aromatic heterocycles. The van der Waals surface area contributed by atoms with Crippen LogP contribution in [0.1, 0.15) is 48.9 Å². The second-order valence-corrected chi connectivity index (χ2v) is 10.9. The fraction of sp³-hybridized carbons (Fsp3) is 0.458. The van der Waals surface area contributed by atoms with Gasteiger partial charge in [0.2, 0.25) is 0 Å². The predicted molar refractivity (Wildman–Crippen MR) is 131 cm³/mol. The van der Waals surface area contributed by atoms with Crippen LogP contribution < -0.4 is 10.2 Å². The number of fused-ring (bicyclic) bond motifs is 1. The van der Waals surface area contributed by atoms with Crippen molar-refractivity contribution in [3.8, 4) is 0 Å². The quantitative estimate of drug-likeness (QED) is 0.450. The molecule has 0 bridgehead atoms. The number of carbonyl (C=O) groups is 1. The molecule has 3 aromatic rings. The topological polar surface area (TPSA) is 63.1 Å². The Morgan fingerprint density at radius 3 is 2.59 bits per heavy atom. The number of rotatable bonds is 5. The lowest BCUT2D eigenvalue weighted by molar-refractivity contribution is 0.102. The van der Waals surface area contributed by atoms with Gasteiger partial charge in [0.25, 0.3) is 5.91 Å². The van der Waals surface area contributed by atoms with Gasteiger partial charge >= 0.3 is 0 Å². The Balaban J connectivity index is 1.25. The van der Waals surface area contributed by atoms with Gasteiger partial charge in [0, 0.05) is 22.0 Å². The van der Waals surface area contributed by atoms with Crippen molar-refractivity contribution < 1.29 is 9.18 Å². The second kappa shape index (κ2) is 7.40. The highest BCUT2D eigenvalue weighted by Crippen LogP contribution is 2.54. The van der Waals surface area contributed by atoms with Gasteiger partial charge < -0.3 is 10.2 Å². The zero-order valence-corrected chi connectivity index (χ0v) is 19.9. The number of carbonyl (C=O) groups excluding carboxylic acids is 1. The first-order valence-corrected chi connectivity index (χ1v) is 12.4. The van der Waals surface area contributed by atoms with Crippen molar-refractivity contribution in [2.45, 2.75) is 50.7 Å². The third-order valence-corrected chi connectivity index (χ3v) is 7.95. The van der Waals surface area contributed by atoms with E-state index in [0.29, 0.717) is 35.3 Å². The number of piperidine rings is 1. The second-order valence-electron chi connectivity index (χ2n) is 9.67. The summed E-state index contributed by atoms with van der Waals surface area (Å²) < 4.78 is 17.0. The van der Waals surface area contributed by atoms with Crippen LogP contribution in [0.4, 0.5) is 15.9 Å². The lowest BCUT2D eigenvalue weighted by Gasteiger charge is -2.35. The van der Waals surface area contributed by atoms with Crippen molar-refractivity contribution in [2.75, 3.05) is 23.3 Å². The number of anilines is 2. The SMILES string of the molecule is O=C(Nc1ccc2cnn(CC3(F)CC3)c2n1)c1ccc(I)cc1N1CCC2(CC1)CC2. The van der Waals surface area contributed by atoms with Crippen molar-refractivity contribution in [1.82, 2.24) is 14.8 Å². The third kappa shape index (κ3) is 3.86. The van der Waals surface area contributed by atoms with E-state index in [1.807, 2.05) is 18.2 Å². The summed E-state index contributed by atoms with van der Waals surface area (Å²) >= 11 is 2.30. The number of nitrogens with one attached hydrogen (secondary N) is 1. The number of aromatic nitrogens is 3. The Bertz CT molecular complexity index is 1210. The smallest absolute Gasteiger partial charge is 0.258 e. The highest BCUT2D eigenvalue weighted by atomic mass is 127. The van der Waals surface area contributed by atoms with Gasteiger partial charge in [-0.15, -0.1) is 0 Å². The van der Waals surface area contributed by atoms with Gasteiger partial charge in [-0.05, 0) is 96.9 Å². The van der Waals surface area contributed by atoms with Crippen molar-refractivity contribution in [1.29, 1.82) is 0 Å². The van der Waals surface area contributed by atoms with E-state index in [4.69, 9.17) is 0 Å². The minimum atomic E-state index is -1.16. The van der Waals surface area contributed by atoms with Crippen LogP contribution in [-0.4, -0.2) is 39.4 Å². The highest BCUT2D eigenvalue weighted by Gasteiger charge is 2.45. The van der Waals surface area contributed by atoms with E-state index in [0.717, 1.165) is 27.7 Å². The molecule has 8 heteroatoms. The summed E-state index contributed by atoms with van der Waals surface area (Å²) in [6.45, 7) is 2.20. The van der Waals surface area contributed by atoms with Crippen LogP contribution in [0.3, 0.4) is 0 Å². The summed E-state index contributed by atoms with van der Waals surface area (Å²) in [5, 5.41) is 8.09. The normalized spacial score (nSPS) is 20.5. The molecule has 0 atom stereocenters. The average Bonchev–Trinajstić information content (AvgIpc) is 3.68. The molecule has 3 heterocycles. The molecular formula is C24H25FIN5O. The Labute approximate surface area is 199 Å². The molecule has 2 saturated carbocycles. The Morgan fingerprint density at radius 2 is 1.88 bits per heavy atom. The first-order chi connectivity index (χ1) is 15.4. The van der Waals surface area contributed by atoms with E-state index in [9.17, 15) is 9.18 Å². The summed E-state index contributed by atoms with van der Waals surface area (Å²) in [7, 11) is 0. The van der Waals surface area contributed by atoms with E-state index in [2.05, 4.69) is 49.0 Å². The number of halogens is 2. The number of benzene rings is 1. The maximum atomic E-state index is 14.3. The summed E-state index contributed by atoms with van der Waals surface area (Å²) in [6, 6.07) is 9.61. The first-order valence-electron chi connectivity index (χ1n) is 11.3. The predicted octanol–water partition coefficient (Wildman–Crippen LogP) is 5.17. The molecule has 3 aliphatic rings. The van der Waals surface area contributed by atoms with Crippen LogP contribution in [0.15, 0.2) is 36.5 Å². The van der Waals surface area contributed by atoms with Crippen LogP contribution in [0.2, 0.25) is 0 Å². The molecule has 1 aromatic carbocycles. The fourth-order valence-corrected chi connectivity index (χ4v) is 5.22. The van der Waals surface area contributed by atoms with Gasteiger partial charge in [-0.3, -0.25) is 4.79 Å². The van der Waals surface area contributed by atoms with E-state index >= 15 is 0 Å². The Hall–Kier alpha value is -2.23. The van der Waals surface area contributed by atoms with Crippen LogP contribution in [0.5, 0.6) is 0 Å². The van der Waals surface area contributed by atoms with Crippen LogP contribution in [-0.2, 0) is 6.54 Å². The zero-order valence-electron chi connectivity index (χ0n) is 17.8. The molecule has 1 N–H and O–H groups in total. The highest BCUT2D eigenvalue weighted by molar-refractivity contribution is 14.1. The fourth-order valence-electron chi connectivity index (χ4n) is 4.74. The molecule has 3 fully saturated rings. The lowest BCUT2D eigenvalue weighted by Crippen LogP contribution is -2.35. The van der Waals surface area contributed by atoms with E-state index < -0.39 is 5.67 Å². The molecule has 6 rings (SSSR count). The molecular weight excluding hydrogens is 520 g/mol. The monoisotopic (exact) mass is 545 g/mol. The summed E-state index contributed by atoms with van der Waals surface area (Å²) in [4.78, 5) is 20.2. The van der Waals surface area contributed by atoms with Gasteiger partial charge in [-0.25, -0.2) is 14.1 Å². The van der Waals surface area contributed by atoms with Gasteiger partial charge in [0.15, 0.2) is 5.65 Å². The standard InChI is InChI=1S/C24H25FIN5O/c25-24(7-8-24)15-31-21-16(14-27-31)1-4-20(28-21)29-22(32)18-3-2-17(26)13-19(18)30-11-9-23(5-6-23)10-12-30/h1-4,13-14H,5-12,15H2,(H,28,29,32). The van der Waals surface area contributed by atoms with E-state index in [1.165, 1.54) is 25.7 Å². The molecule has 166 valence electrons. The minimum absolute atomic E-state index is 0.176. The summed E-state index contributed by atoms with van der Waals surface area (Å²) in [5.74, 6) is 0.276. The van der Waals surface area contributed by atoms with Crippen LogP contribution >= 0.6 is 22.6 Å². The van der Waals surface area contributed by atoms with Crippen molar-refractivity contribution in [3.05, 3.63) is 45.7 Å². The molecule has 1 amide bonds. The summed E-state index contributed by atoms with van der Waals surface area (Å²) in [5.41, 5.74) is 1.67. The Kier molecular flexibility index (Phi) is 4.71. The van der Waals surface area contributed by atoms with Crippen molar-refractivity contribution >= 4 is 51.0 Å². The third-order valence-electron chi connectivity index (χ3n) is 7.28. The first kappa shape index (κ1) is 20.4. The van der Waals surface area contributed by atoms with Crippen molar-refractivity contribution in [3.63, 3.8) is 0 Å². The molecule has 1 aliphatic heterocycles. The molecule has 1 spiro atoms. The maximum absolute atomic E-state index is 14.3. The van der Waals surface area contributed by atoms with Gasteiger partial charge in [-0.1, -0.05) is 0 Å². The summed E-state index contributed by atoms with van der Waals surface area (Å²) in [6.07, 6.45) is 7.95. The van der Waals surface area contributed by atoms with Gasteiger partial charge in [-0.2, -0.15) is 5.10 Å². The molecule has 32 heavy (non-hydrogen) atoms. The zero-order chi connectivity index (χ0) is 21.9. The minimum Gasteiger partial charge on any atom is -0.371 e. The molecule has 1 saturated heterocycles. The van der Waals surface area contributed by atoms with Crippen LogP contribution in [0.25, 0.3) is 11.0 Å². The molecule has 0 unspecified atom stereocenters. The molecule has 6 nitrogen and oxygen atoms in total. The Morgan fingerprint density at radius 1 is 1.09 bits per heavy atom. The largest absolute Gasteiger partial charge is 0.371 e. The number of pyridine rings is 1.